The van der Waals surface area contributed by atoms with Crippen molar-refractivity contribution in [3.8, 4) is 0 Å². The predicted octanol–water partition coefficient (Wildman–Crippen LogP) is 0.685. The summed E-state index contributed by atoms with van der Waals surface area (Å²) in [6.07, 6.45) is 3.85. The summed E-state index contributed by atoms with van der Waals surface area (Å²) in [4.78, 5) is 14.2. The second kappa shape index (κ2) is 5.00. The van der Waals surface area contributed by atoms with Crippen molar-refractivity contribution in [2.24, 2.45) is 0 Å². The fraction of sp³-hybridized carbons (Fsp3) is 0.800. The van der Waals surface area contributed by atoms with E-state index in [1.807, 2.05) is 0 Å². The fourth-order valence-electron chi connectivity index (χ4n) is 3.12. The Hall–Kier alpha value is -1.15. The molecule has 20 heavy (non-hydrogen) atoms. The van der Waals surface area contributed by atoms with Crippen molar-refractivity contribution in [2.75, 3.05) is 40.3 Å². The average Bonchev–Trinajstić information content (AvgIpc) is 3.11. The second-order valence-corrected chi connectivity index (χ2v) is 8.60. The van der Waals surface area contributed by atoms with Crippen molar-refractivity contribution in [1.82, 2.24) is 28.5 Å². The van der Waals surface area contributed by atoms with E-state index in [9.17, 15) is 10.1 Å². The highest BCUT2D eigenvalue weighted by Gasteiger charge is 2.52. The van der Waals surface area contributed by atoms with Gasteiger partial charge in [-0.1, -0.05) is 4.98 Å². The van der Waals surface area contributed by atoms with Crippen LogP contribution in [0.3, 0.4) is 0 Å². The van der Waals surface area contributed by atoms with E-state index in [1.54, 1.807) is 4.45 Å². The van der Waals surface area contributed by atoms with E-state index in [4.69, 9.17) is 0 Å². The van der Waals surface area contributed by atoms with Crippen LogP contribution in [-0.4, -0.2) is 73.7 Å². The van der Waals surface area contributed by atoms with Gasteiger partial charge < -0.3 is 10.1 Å². The van der Waals surface area contributed by atoms with Gasteiger partial charge in [-0.3, -0.25) is 0 Å². The van der Waals surface area contributed by atoms with Gasteiger partial charge in [0.2, 0.25) is 6.33 Å². The maximum absolute atomic E-state index is 10.9. The van der Waals surface area contributed by atoms with Crippen LogP contribution in [0.1, 0.15) is 12.8 Å². The van der Waals surface area contributed by atoms with Crippen LogP contribution in [0.2, 0.25) is 0 Å². The van der Waals surface area contributed by atoms with Crippen LogP contribution in [-0.2, 0) is 0 Å². The van der Waals surface area contributed by atoms with E-state index in [-0.39, 0.29) is 5.95 Å². The maximum Gasteiger partial charge on any atom is 0.491 e. The molecule has 1 aromatic rings. The van der Waals surface area contributed by atoms with E-state index in [1.165, 1.54) is 19.2 Å². The van der Waals surface area contributed by atoms with Gasteiger partial charge in [-0.15, -0.1) is 4.45 Å². The third kappa shape index (κ3) is 1.85. The molecule has 0 unspecified atom stereocenters. The summed E-state index contributed by atoms with van der Waals surface area (Å²) in [6, 6.07) is 0. The number of nitrogens with zero attached hydrogens (tertiary/aromatic N) is 7. The molecular weight excluding hydrogens is 281 g/mol. The number of rotatable bonds is 3. The number of aromatic nitrogens is 3. The molecule has 0 aromatic carbocycles. The summed E-state index contributed by atoms with van der Waals surface area (Å²) >= 11 is 0. The van der Waals surface area contributed by atoms with E-state index < -0.39 is 12.8 Å². The third-order valence-electron chi connectivity index (χ3n) is 4.03. The van der Waals surface area contributed by atoms with Gasteiger partial charge >= 0.3 is 5.95 Å². The fourth-order valence-corrected chi connectivity index (χ4v) is 7.32. The zero-order chi connectivity index (χ0) is 14.3. The van der Waals surface area contributed by atoms with Crippen molar-refractivity contribution >= 4 is 13.8 Å². The molecule has 0 spiro atoms. The van der Waals surface area contributed by atoms with Crippen molar-refractivity contribution in [3.63, 3.8) is 0 Å². The van der Waals surface area contributed by atoms with Crippen LogP contribution < -0.4 is 0 Å². The van der Waals surface area contributed by atoms with E-state index in [2.05, 4.69) is 38.2 Å². The minimum absolute atomic E-state index is 0.322. The Kier molecular flexibility index (Phi) is 3.45. The van der Waals surface area contributed by atoms with Crippen LogP contribution in [0.5, 0.6) is 0 Å². The number of nitro groups is 1. The largest absolute Gasteiger partial charge is 0.491 e. The Morgan fingerprint density at radius 1 is 1.20 bits per heavy atom. The lowest BCUT2D eigenvalue weighted by Crippen LogP contribution is -2.38. The van der Waals surface area contributed by atoms with Crippen LogP contribution in [0.4, 0.5) is 5.95 Å². The highest BCUT2D eigenvalue weighted by atomic mass is 31.2. The summed E-state index contributed by atoms with van der Waals surface area (Å²) in [7, 11) is 2.14. The van der Waals surface area contributed by atoms with Crippen molar-refractivity contribution in [3.05, 3.63) is 16.4 Å². The molecule has 0 N–H and O–H groups in total. The van der Waals surface area contributed by atoms with Gasteiger partial charge in [0.15, 0.2) is 7.87 Å². The van der Waals surface area contributed by atoms with Crippen LogP contribution in [0.15, 0.2) is 6.33 Å². The molecule has 0 aliphatic carbocycles. The SMILES string of the molecule is CN1CCN(C)[P]1(N1CCCC1)n1cnc([N+](=O)[O-])n1. The molecule has 2 aliphatic rings. The molecule has 0 saturated carbocycles. The Labute approximate surface area is 117 Å². The third-order valence-corrected chi connectivity index (χ3v) is 8.17. The lowest BCUT2D eigenvalue weighted by atomic mass is 10.4. The minimum Gasteiger partial charge on any atom is -0.390 e. The maximum atomic E-state index is 10.9. The van der Waals surface area contributed by atoms with Crippen LogP contribution >= 0.6 is 7.87 Å². The smallest absolute Gasteiger partial charge is 0.390 e. The van der Waals surface area contributed by atoms with Crippen molar-refractivity contribution < 1.29 is 4.92 Å². The summed E-state index contributed by atoms with van der Waals surface area (Å²) in [5.41, 5.74) is 0. The van der Waals surface area contributed by atoms with Crippen molar-refractivity contribution in [1.29, 1.82) is 0 Å². The molecule has 1 radical (unpaired) electrons. The number of hydrogen-bond acceptors (Lipinski definition) is 7. The molecule has 0 atom stereocenters. The summed E-state index contributed by atoms with van der Waals surface area (Å²) < 4.78 is 8.75. The van der Waals surface area contributed by atoms with Gasteiger partial charge in [0.1, 0.15) is 0 Å². The standard InChI is InChI=1S/C10H19N7O2P/c1-13-7-8-14(2)20(13,15-5-3-4-6-15)16-9-11-10(12-16)17(18)19/h9H,3-8H2,1-2H3. The van der Waals surface area contributed by atoms with Crippen LogP contribution in [0, 0.1) is 10.1 Å². The Morgan fingerprint density at radius 3 is 2.30 bits per heavy atom. The monoisotopic (exact) mass is 300 g/mol. The molecule has 9 nitrogen and oxygen atoms in total. The Balaban J connectivity index is 2.06. The van der Waals surface area contributed by atoms with E-state index in [0.29, 0.717) is 0 Å². The van der Waals surface area contributed by atoms with Gasteiger partial charge in [-0.2, -0.15) is 0 Å². The first-order chi connectivity index (χ1) is 9.56. The van der Waals surface area contributed by atoms with E-state index >= 15 is 0 Å². The van der Waals surface area contributed by atoms with Crippen LogP contribution in [0.25, 0.3) is 0 Å². The van der Waals surface area contributed by atoms with Gasteiger partial charge in [0.05, 0.1) is 0 Å². The predicted molar refractivity (Wildman–Crippen MR) is 75.1 cm³/mol. The Bertz CT molecular complexity index is 505. The summed E-state index contributed by atoms with van der Waals surface area (Å²) in [5, 5.41) is 15.0. The topological polar surface area (TPSA) is 83.6 Å². The number of likely N-dealkylation sites (N-methyl/N-ethyl adjacent to an activating group) is 2. The molecule has 2 aliphatic heterocycles. The lowest BCUT2D eigenvalue weighted by Gasteiger charge is -2.46. The molecule has 2 saturated heterocycles. The molecular formula is C10H19N7O2P. The Morgan fingerprint density at radius 2 is 1.80 bits per heavy atom. The van der Waals surface area contributed by atoms with E-state index in [0.717, 1.165) is 26.2 Å². The highest BCUT2D eigenvalue weighted by Crippen LogP contribution is 2.69. The molecule has 0 bridgehead atoms. The zero-order valence-corrected chi connectivity index (χ0v) is 12.6. The summed E-state index contributed by atoms with van der Waals surface area (Å²) in [6.45, 7) is 3.90. The highest BCUT2D eigenvalue weighted by molar-refractivity contribution is 7.67. The minimum atomic E-state index is -2.01. The van der Waals surface area contributed by atoms with Crippen molar-refractivity contribution in [2.45, 2.75) is 12.8 Å². The molecule has 3 heterocycles. The second-order valence-electron chi connectivity index (χ2n) is 5.18. The van der Waals surface area contributed by atoms with Gasteiger partial charge in [-0.25, -0.2) is 14.0 Å². The van der Waals surface area contributed by atoms with Gasteiger partial charge in [0, 0.05) is 31.3 Å². The first-order valence-corrected chi connectivity index (χ1v) is 8.31. The lowest BCUT2D eigenvalue weighted by molar-refractivity contribution is -0.394. The normalized spacial score (nSPS) is 24.5. The summed E-state index contributed by atoms with van der Waals surface area (Å²) in [5.74, 6) is -0.322. The van der Waals surface area contributed by atoms with Gasteiger partial charge in [0.25, 0.3) is 0 Å². The van der Waals surface area contributed by atoms with Gasteiger partial charge in [-0.05, 0) is 31.9 Å². The molecule has 2 fully saturated rings. The molecule has 111 valence electrons. The molecule has 10 heteroatoms. The first kappa shape index (κ1) is 13.8. The average molecular weight is 300 g/mol. The first-order valence-electron chi connectivity index (χ1n) is 6.71. The molecule has 0 amide bonds. The molecule has 1 aromatic heterocycles. The quantitative estimate of drug-likeness (QED) is 0.461. The molecule has 3 rings (SSSR count). The number of hydrogen-bond donors (Lipinski definition) is 0. The zero-order valence-electron chi connectivity index (χ0n) is 11.7.